The van der Waals surface area contributed by atoms with Gasteiger partial charge in [0.2, 0.25) is 5.91 Å². The maximum atomic E-state index is 10.9. The molecular weight excluding hydrogens is 701 g/mol. The van der Waals surface area contributed by atoms with Crippen LogP contribution in [0.2, 0.25) is 0 Å². The van der Waals surface area contributed by atoms with Gasteiger partial charge in [0.25, 0.3) is 0 Å². The number of rotatable bonds is 11. The van der Waals surface area contributed by atoms with E-state index in [9.17, 15) is 15.3 Å². The van der Waals surface area contributed by atoms with Gasteiger partial charge in [0.15, 0.2) is 0 Å². The highest BCUT2D eigenvalue weighted by atomic mass is 16.5. The van der Waals surface area contributed by atoms with Gasteiger partial charge in [-0.25, -0.2) is 0 Å². The topological polar surface area (TPSA) is 140 Å². The molecule has 56 heavy (non-hydrogen) atoms. The molecule has 4 aromatic carbocycles. The predicted molar refractivity (Wildman–Crippen MR) is 224 cm³/mol. The number of nitrogens with one attached hydrogen (secondary N) is 1. The third kappa shape index (κ3) is 9.77. The highest BCUT2D eigenvalue weighted by Gasteiger charge is 2.19. The van der Waals surface area contributed by atoms with Crippen LogP contribution in [0.3, 0.4) is 0 Å². The lowest BCUT2D eigenvalue weighted by Crippen LogP contribution is -2.25. The molecule has 1 fully saturated rings. The summed E-state index contributed by atoms with van der Waals surface area (Å²) in [7, 11) is 0. The van der Waals surface area contributed by atoms with Gasteiger partial charge in [0, 0.05) is 50.5 Å². The second-order valence-electron chi connectivity index (χ2n) is 13.5. The van der Waals surface area contributed by atoms with Crippen molar-refractivity contribution < 1.29 is 19.0 Å². The molecule has 0 radical (unpaired) electrons. The average Bonchev–Trinajstić information content (AvgIpc) is 3.97. The third-order valence-corrected chi connectivity index (χ3v) is 9.51. The number of nitrogens with two attached hydrogens (primary N) is 1. The second kappa shape index (κ2) is 20.0. The number of carbonyl (C=O) groups excluding carboxylic acids is 1. The van der Waals surface area contributed by atoms with Crippen molar-refractivity contribution in [1.82, 2.24) is 14.5 Å². The van der Waals surface area contributed by atoms with Crippen molar-refractivity contribution in [3.05, 3.63) is 107 Å². The summed E-state index contributed by atoms with van der Waals surface area (Å²) in [5.41, 5.74) is 15.3. The molecule has 1 saturated heterocycles. The molecule has 7 rings (SSSR count). The second-order valence-corrected chi connectivity index (χ2v) is 13.5. The first-order chi connectivity index (χ1) is 27.2. The Balaban J connectivity index is 0.000000191. The number of hydrogen-bond acceptors (Lipinski definition) is 7. The number of amides is 1. The van der Waals surface area contributed by atoms with Gasteiger partial charge in [-0.15, -0.1) is 0 Å². The summed E-state index contributed by atoms with van der Waals surface area (Å²) in [6.07, 6.45) is 2.56. The minimum Gasteiger partial charge on any atom is -0.492 e. The molecule has 0 unspecified atom stereocenters. The Bertz CT molecular complexity index is 2310. The largest absolute Gasteiger partial charge is 0.492 e. The van der Waals surface area contributed by atoms with Gasteiger partial charge in [-0.05, 0) is 123 Å². The van der Waals surface area contributed by atoms with E-state index >= 15 is 0 Å². The Morgan fingerprint density at radius 1 is 0.732 bits per heavy atom. The molecule has 1 aliphatic rings. The SMILES string of the molecule is C1CCOC1.CCn1c(-c2ccc(OCCN)cc2)c(C#N)c2ccc(C)cc21.CCn1c(-c2ccc(OCCNC(C)=O)cc2)c(C#N)c2ccc(C)cc21. The summed E-state index contributed by atoms with van der Waals surface area (Å²) in [4.78, 5) is 10.9. The lowest BCUT2D eigenvalue weighted by Gasteiger charge is -2.11. The van der Waals surface area contributed by atoms with Crippen molar-refractivity contribution in [2.45, 2.75) is 60.5 Å². The molecule has 0 bridgehead atoms. The Labute approximate surface area is 330 Å². The van der Waals surface area contributed by atoms with Crippen LogP contribution in [0.1, 0.15) is 55.9 Å². The van der Waals surface area contributed by atoms with Crippen LogP contribution in [-0.4, -0.2) is 54.6 Å². The van der Waals surface area contributed by atoms with E-state index in [4.69, 9.17) is 19.9 Å². The number of nitriles is 2. The van der Waals surface area contributed by atoms with Gasteiger partial charge in [0.05, 0.1) is 40.1 Å². The lowest BCUT2D eigenvalue weighted by atomic mass is 10.1. The van der Waals surface area contributed by atoms with E-state index < -0.39 is 0 Å². The maximum absolute atomic E-state index is 10.9. The number of hydrogen-bond donors (Lipinski definition) is 2. The Morgan fingerprint density at radius 3 is 1.54 bits per heavy atom. The Kier molecular flexibility index (Phi) is 14.7. The van der Waals surface area contributed by atoms with Crippen LogP contribution in [0.15, 0.2) is 84.9 Å². The molecule has 0 atom stereocenters. The quantitative estimate of drug-likeness (QED) is 0.126. The van der Waals surface area contributed by atoms with Gasteiger partial charge in [-0.3, -0.25) is 4.79 Å². The van der Waals surface area contributed by atoms with Crippen LogP contribution in [-0.2, 0) is 22.6 Å². The lowest BCUT2D eigenvalue weighted by molar-refractivity contribution is -0.119. The zero-order valence-electron chi connectivity index (χ0n) is 33.2. The summed E-state index contributed by atoms with van der Waals surface area (Å²) >= 11 is 0. The minimum absolute atomic E-state index is 0.0689. The van der Waals surface area contributed by atoms with Crippen molar-refractivity contribution in [3.8, 4) is 46.2 Å². The third-order valence-electron chi connectivity index (χ3n) is 9.51. The van der Waals surface area contributed by atoms with Crippen LogP contribution in [0, 0.1) is 36.5 Å². The fraction of sp³-hybridized carbons (Fsp3) is 0.326. The molecule has 0 aliphatic carbocycles. The van der Waals surface area contributed by atoms with Crippen molar-refractivity contribution >= 4 is 27.7 Å². The fourth-order valence-corrected chi connectivity index (χ4v) is 6.90. The number of aromatic nitrogens is 2. The van der Waals surface area contributed by atoms with E-state index in [-0.39, 0.29) is 5.91 Å². The Morgan fingerprint density at radius 2 is 1.18 bits per heavy atom. The summed E-state index contributed by atoms with van der Waals surface area (Å²) in [6, 6.07) is 32.8. The molecule has 10 nitrogen and oxygen atoms in total. The maximum Gasteiger partial charge on any atom is 0.216 e. The van der Waals surface area contributed by atoms with Crippen LogP contribution in [0.25, 0.3) is 44.3 Å². The molecule has 2 aromatic heterocycles. The van der Waals surface area contributed by atoms with Gasteiger partial charge in [0.1, 0.15) is 36.9 Å². The highest BCUT2D eigenvalue weighted by molar-refractivity contribution is 5.96. The van der Waals surface area contributed by atoms with Crippen molar-refractivity contribution in [2.24, 2.45) is 5.73 Å². The molecule has 3 N–H and O–H groups in total. The molecule has 290 valence electrons. The van der Waals surface area contributed by atoms with Crippen LogP contribution in [0.5, 0.6) is 11.5 Å². The predicted octanol–water partition coefficient (Wildman–Crippen LogP) is 8.67. The summed E-state index contributed by atoms with van der Waals surface area (Å²) < 4.78 is 20.5. The first-order valence-corrected chi connectivity index (χ1v) is 19.3. The fourth-order valence-electron chi connectivity index (χ4n) is 6.90. The number of fused-ring (bicyclic) bond motifs is 2. The van der Waals surface area contributed by atoms with Crippen LogP contribution in [0.4, 0.5) is 0 Å². The molecule has 0 saturated carbocycles. The van der Waals surface area contributed by atoms with Gasteiger partial charge >= 0.3 is 0 Å². The van der Waals surface area contributed by atoms with Crippen LogP contribution >= 0.6 is 0 Å². The molecular formula is C46H52N6O4. The minimum atomic E-state index is -0.0689. The van der Waals surface area contributed by atoms with Gasteiger partial charge in [-0.1, -0.05) is 24.3 Å². The average molecular weight is 753 g/mol. The highest BCUT2D eigenvalue weighted by Crippen LogP contribution is 2.36. The zero-order chi connectivity index (χ0) is 40.0. The van der Waals surface area contributed by atoms with E-state index in [0.29, 0.717) is 31.9 Å². The first kappa shape index (κ1) is 41.1. The van der Waals surface area contributed by atoms with E-state index in [1.807, 2.05) is 66.7 Å². The number of aryl methyl sites for hydroxylation is 4. The summed E-state index contributed by atoms with van der Waals surface area (Å²) in [6.45, 7) is 15.3. The van der Waals surface area contributed by atoms with Crippen molar-refractivity contribution in [1.29, 1.82) is 10.5 Å². The van der Waals surface area contributed by atoms with E-state index in [1.165, 1.54) is 30.9 Å². The molecule has 1 amide bonds. The monoisotopic (exact) mass is 752 g/mol. The zero-order valence-corrected chi connectivity index (χ0v) is 33.2. The van der Waals surface area contributed by atoms with Gasteiger partial charge < -0.3 is 34.4 Å². The van der Waals surface area contributed by atoms with E-state index in [2.05, 4.69) is 72.5 Å². The van der Waals surface area contributed by atoms with Crippen LogP contribution < -0.4 is 20.5 Å². The normalized spacial score (nSPS) is 11.9. The number of carbonyl (C=O) groups is 1. The van der Waals surface area contributed by atoms with E-state index in [1.54, 1.807) is 0 Å². The smallest absolute Gasteiger partial charge is 0.216 e. The van der Waals surface area contributed by atoms with Crippen molar-refractivity contribution in [3.63, 3.8) is 0 Å². The Hall–Kier alpha value is -6.07. The number of ether oxygens (including phenoxy) is 3. The molecule has 10 heteroatoms. The molecule has 3 heterocycles. The molecule has 6 aromatic rings. The molecule has 0 spiro atoms. The van der Waals surface area contributed by atoms with Gasteiger partial charge in [-0.2, -0.15) is 10.5 Å². The summed E-state index contributed by atoms with van der Waals surface area (Å²) in [5.74, 6) is 1.45. The molecule has 1 aliphatic heterocycles. The summed E-state index contributed by atoms with van der Waals surface area (Å²) in [5, 5.41) is 24.2. The van der Waals surface area contributed by atoms with Crippen molar-refractivity contribution in [2.75, 3.05) is 39.5 Å². The number of benzene rings is 4. The number of nitrogens with zero attached hydrogens (tertiary/aromatic N) is 4. The standard InChI is InChI=1S/C22H23N3O2.C20H21N3O.C4H8O/c1-4-25-21-13-15(2)5-10-19(21)20(14-23)22(25)17-6-8-18(9-7-17)27-12-11-24-16(3)26;1-3-23-19-12-14(2)4-9-17(19)18(13-22)20(23)15-5-7-16(8-6-15)24-11-10-21;1-2-4-5-3-1/h5-10,13H,4,11-12H2,1-3H3,(H,24,26);4-9,12H,3,10-11,21H2,1-2H3;1-4H2. The van der Waals surface area contributed by atoms with E-state index in [0.717, 1.165) is 87.7 Å². The first-order valence-electron chi connectivity index (χ1n) is 19.3.